The van der Waals surface area contributed by atoms with Gasteiger partial charge in [-0.15, -0.1) is 0 Å². The predicted molar refractivity (Wildman–Crippen MR) is 78.9 cm³/mol. The van der Waals surface area contributed by atoms with E-state index in [0.29, 0.717) is 0 Å². The van der Waals surface area contributed by atoms with Crippen molar-refractivity contribution in [3.8, 4) is 0 Å². The van der Waals surface area contributed by atoms with Gasteiger partial charge in [-0.2, -0.15) is 0 Å². The van der Waals surface area contributed by atoms with Gasteiger partial charge in [0.15, 0.2) is 0 Å². The van der Waals surface area contributed by atoms with Crippen molar-refractivity contribution in [3.05, 3.63) is 71.8 Å². The van der Waals surface area contributed by atoms with E-state index in [-0.39, 0.29) is 12.1 Å². The second kappa shape index (κ2) is 6.50. The molecule has 0 aromatic heterocycles. The molecule has 0 aliphatic carbocycles. The van der Waals surface area contributed by atoms with E-state index < -0.39 is 6.10 Å². The van der Waals surface area contributed by atoms with E-state index in [9.17, 15) is 5.11 Å². The quantitative estimate of drug-likeness (QED) is 0.857. The standard InChI is InChI=1S/C17H21NO/c1-13(15-9-5-3-6-10-15)18-14(2)17(19)16-11-7-4-8-12-16/h3-14,17-19H,1-2H3/t13-,14-,17-/m0/s1. The summed E-state index contributed by atoms with van der Waals surface area (Å²) in [5.41, 5.74) is 2.18. The Balaban J connectivity index is 1.99. The number of aliphatic hydroxyl groups excluding tert-OH is 1. The maximum absolute atomic E-state index is 10.3. The lowest BCUT2D eigenvalue weighted by molar-refractivity contribution is 0.130. The van der Waals surface area contributed by atoms with Crippen molar-refractivity contribution in [3.63, 3.8) is 0 Å². The van der Waals surface area contributed by atoms with Crippen LogP contribution < -0.4 is 5.32 Å². The fraction of sp³-hybridized carbons (Fsp3) is 0.294. The van der Waals surface area contributed by atoms with Crippen LogP contribution in [0.25, 0.3) is 0 Å². The first-order valence-electron chi connectivity index (χ1n) is 6.72. The SMILES string of the molecule is C[C@H](N[C@@H](C)[C@H](O)c1ccccc1)c1ccccc1. The van der Waals surface area contributed by atoms with Crippen molar-refractivity contribution in [1.82, 2.24) is 5.32 Å². The van der Waals surface area contributed by atoms with Crippen LogP contribution in [0.2, 0.25) is 0 Å². The first-order valence-corrected chi connectivity index (χ1v) is 6.72. The molecular formula is C17H21NO. The van der Waals surface area contributed by atoms with Gasteiger partial charge in [0.05, 0.1) is 6.10 Å². The van der Waals surface area contributed by atoms with Gasteiger partial charge in [0.2, 0.25) is 0 Å². The molecule has 2 aromatic carbocycles. The molecule has 0 saturated heterocycles. The second-order valence-corrected chi connectivity index (χ2v) is 4.94. The van der Waals surface area contributed by atoms with Crippen molar-refractivity contribution in [2.24, 2.45) is 0 Å². The fourth-order valence-corrected chi connectivity index (χ4v) is 2.26. The summed E-state index contributed by atoms with van der Waals surface area (Å²) < 4.78 is 0. The molecule has 2 rings (SSSR count). The topological polar surface area (TPSA) is 32.3 Å². The molecule has 100 valence electrons. The number of aliphatic hydroxyl groups is 1. The molecule has 0 unspecified atom stereocenters. The van der Waals surface area contributed by atoms with Crippen molar-refractivity contribution >= 4 is 0 Å². The highest BCUT2D eigenvalue weighted by Gasteiger charge is 2.18. The molecule has 0 spiro atoms. The Labute approximate surface area is 115 Å². The van der Waals surface area contributed by atoms with E-state index in [0.717, 1.165) is 5.56 Å². The van der Waals surface area contributed by atoms with Gasteiger partial charge in [0.1, 0.15) is 0 Å². The zero-order chi connectivity index (χ0) is 13.7. The monoisotopic (exact) mass is 255 g/mol. The smallest absolute Gasteiger partial charge is 0.0940 e. The third kappa shape index (κ3) is 3.66. The summed E-state index contributed by atoms with van der Waals surface area (Å²) in [4.78, 5) is 0. The Morgan fingerprint density at radius 3 is 1.79 bits per heavy atom. The normalized spacial score (nSPS) is 15.7. The van der Waals surface area contributed by atoms with E-state index in [1.54, 1.807) is 0 Å². The lowest BCUT2D eigenvalue weighted by Crippen LogP contribution is -2.34. The Hall–Kier alpha value is -1.64. The Morgan fingerprint density at radius 1 is 0.789 bits per heavy atom. The van der Waals surface area contributed by atoms with E-state index in [1.807, 2.05) is 55.5 Å². The largest absolute Gasteiger partial charge is 0.387 e. The highest BCUT2D eigenvalue weighted by atomic mass is 16.3. The number of rotatable bonds is 5. The van der Waals surface area contributed by atoms with Gasteiger partial charge in [-0.3, -0.25) is 0 Å². The van der Waals surface area contributed by atoms with Crippen LogP contribution in [-0.4, -0.2) is 11.1 Å². The molecule has 19 heavy (non-hydrogen) atoms. The highest BCUT2D eigenvalue weighted by Crippen LogP contribution is 2.19. The van der Waals surface area contributed by atoms with E-state index in [4.69, 9.17) is 0 Å². The minimum absolute atomic E-state index is 0.00222. The number of nitrogens with one attached hydrogen (secondary N) is 1. The summed E-state index contributed by atoms with van der Waals surface area (Å²) in [6, 6.07) is 20.3. The summed E-state index contributed by atoms with van der Waals surface area (Å²) in [7, 11) is 0. The van der Waals surface area contributed by atoms with Crippen molar-refractivity contribution in [1.29, 1.82) is 0 Å². The first kappa shape index (κ1) is 13.8. The Kier molecular flexibility index (Phi) is 4.72. The molecule has 0 heterocycles. The van der Waals surface area contributed by atoms with Crippen molar-refractivity contribution < 1.29 is 5.11 Å². The number of benzene rings is 2. The van der Waals surface area contributed by atoms with Gasteiger partial charge >= 0.3 is 0 Å². The van der Waals surface area contributed by atoms with Gasteiger partial charge in [-0.1, -0.05) is 60.7 Å². The third-order valence-corrected chi connectivity index (χ3v) is 3.43. The highest BCUT2D eigenvalue weighted by molar-refractivity contribution is 5.20. The van der Waals surface area contributed by atoms with Crippen LogP contribution in [0.15, 0.2) is 60.7 Å². The first-order chi connectivity index (χ1) is 9.18. The van der Waals surface area contributed by atoms with Gasteiger partial charge in [0.25, 0.3) is 0 Å². The molecule has 0 saturated carbocycles. The van der Waals surface area contributed by atoms with Gasteiger partial charge in [0, 0.05) is 12.1 Å². The molecule has 3 atom stereocenters. The van der Waals surface area contributed by atoms with Crippen LogP contribution in [0, 0.1) is 0 Å². The number of hydrogen-bond acceptors (Lipinski definition) is 2. The van der Waals surface area contributed by atoms with Gasteiger partial charge in [-0.05, 0) is 25.0 Å². The van der Waals surface area contributed by atoms with E-state index in [1.165, 1.54) is 5.56 Å². The van der Waals surface area contributed by atoms with E-state index >= 15 is 0 Å². The Morgan fingerprint density at radius 2 is 1.26 bits per heavy atom. The van der Waals surface area contributed by atoms with Crippen LogP contribution in [0.5, 0.6) is 0 Å². The maximum atomic E-state index is 10.3. The van der Waals surface area contributed by atoms with Crippen LogP contribution >= 0.6 is 0 Å². The Bertz CT molecular complexity index is 483. The molecule has 0 aliphatic heterocycles. The van der Waals surface area contributed by atoms with Gasteiger partial charge < -0.3 is 10.4 Å². The summed E-state index contributed by atoms with van der Waals surface area (Å²) in [6.45, 7) is 4.13. The molecule has 2 heteroatoms. The van der Waals surface area contributed by atoms with Crippen LogP contribution in [0.3, 0.4) is 0 Å². The van der Waals surface area contributed by atoms with Crippen LogP contribution in [0.4, 0.5) is 0 Å². The summed E-state index contributed by atoms with van der Waals surface area (Å²) >= 11 is 0. The molecule has 0 fully saturated rings. The molecule has 2 aromatic rings. The lowest BCUT2D eigenvalue weighted by Gasteiger charge is -2.25. The lowest BCUT2D eigenvalue weighted by atomic mass is 10.0. The minimum atomic E-state index is -0.493. The average molecular weight is 255 g/mol. The second-order valence-electron chi connectivity index (χ2n) is 4.94. The molecule has 0 amide bonds. The predicted octanol–water partition coefficient (Wildman–Crippen LogP) is 3.46. The summed E-state index contributed by atoms with van der Waals surface area (Å²) in [6.07, 6.45) is -0.493. The zero-order valence-corrected chi connectivity index (χ0v) is 11.5. The minimum Gasteiger partial charge on any atom is -0.387 e. The molecule has 2 nitrogen and oxygen atoms in total. The zero-order valence-electron chi connectivity index (χ0n) is 11.5. The van der Waals surface area contributed by atoms with Crippen LogP contribution in [-0.2, 0) is 0 Å². The third-order valence-electron chi connectivity index (χ3n) is 3.43. The maximum Gasteiger partial charge on any atom is 0.0940 e. The van der Waals surface area contributed by atoms with E-state index in [2.05, 4.69) is 24.4 Å². The van der Waals surface area contributed by atoms with Crippen molar-refractivity contribution in [2.75, 3.05) is 0 Å². The van der Waals surface area contributed by atoms with Crippen LogP contribution in [0.1, 0.15) is 37.1 Å². The van der Waals surface area contributed by atoms with Gasteiger partial charge in [-0.25, -0.2) is 0 Å². The molecule has 2 N–H and O–H groups in total. The van der Waals surface area contributed by atoms with Crippen molar-refractivity contribution in [2.45, 2.75) is 32.0 Å². The summed E-state index contributed by atoms with van der Waals surface area (Å²) in [5.74, 6) is 0. The number of hydrogen-bond donors (Lipinski definition) is 2. The average Bonchev–Trinajstić information content (AvgIpc) is 2.48. The summed E-state index contributed by atoms with van der Waals surface area (Å²) in [5, 5.41) is 13.8. The molecule has 0 radical (unpaired) electrons. The molecular weight excluding hydrogens is 234 g/mol. The fourth-order valence-electron chi connectivity index (χ4n) is 2.26. The molecule has 0 aliphatic rings. The molecule has 0 bridgehead atoms.